The van der Waals surface area contributed by atoms with Crippen molar-refractivity contribution in [3.8, 4) is 6.07 Å². The van der Waals surface area contributed by atoms with Gasteiger partial charge in [0.2, 0.25) is 5.91 Å². The van der Waals surface area contributed by atoms with Gasteiger partial charge in [-0.2, -0.15) is 5.26 Å². The first-order chi connectivity index (χ1) is 15.1. The molecule has 1 aliphatic heterocycles. The molecule has 2 aliphatic carbocycles. The Balaban J connectivity index is 1.20. The first kappa shape index (κ1) is 21.8. The van der Waals surface area contributed by atoms with Crippen LogP contribution in [0.5, 0.6) is 0 Å². The fourth-order valence-corrected chi connectivity index (χ4v) is 5.36. The van der Waals surface area contributed by atoms with Crippen molar-refractivity contribution in [1.82, 2.24) is 10.2 Å². The molecule has 3 aliphatic rings. The van der Waals surface area contributed by atoms with Crippen LogP contribution in [-0.2, 0) is 4.79 Å². The first-order valence-corrected chi connectivity index (χ1v) is 12.1. The second-order valence-electron chi connectivity index (χ2n) is 9.49. The lowest BCUT2D eigenvalue weighted by atomic mass is 9.83. The molecular formula is C27H35N3O. The van der Waals surface area contributed by atoms with E-state index in [1.807, 2.05) is 13.0 Å². The van der Waals surface area contributed by atoms with Crippen molar-refractivity contribution in [2.24, 2.45) is 5.92 Å². The van der Waals surface area contributed by atoms with Gasteiger partial charge in [-0.15, -0.1) is 0 Å². The van der Waals surface area contributed by atoms with E-state index in [2.05, 4.69) is 40.6 Å². The Morgan fingerprint density at radius 2 is 2.03 bits per heavy atom. The highest BCUT2D eigenvalue weighted by atomic mass is 16.1. The highest BCUT2D eigenvalue weighted by molar-refractivity contribution is 5.93. The number of carbonyl (C=O) groups is 1. The Morgan fingerprint density at radius 1 is 1.19 bits per heavy atom. The van der Waals surface area contributed by atoms with Gasteiger partial charge in [0.25, 0.3) is 0 Å². The van der Waals surface area contributed by atoms with E-state index in [-0.39, 0.29) is 5.91 Å². The molecule has 1 saturated carbocycles. The molecule has 0 bridgehead atoms. The summed E-state index contributed by atoms with van der Waals surface area (Å²) in [5.74, 6) is 0.969. The maximum atomic E-state index is 12.3. The molecule has 0 saturated heterocycles. The van der Waals surface area contributed by atoms with E-state index >= 15 is 0 Å². The Kier molecular flexibility index (Phi) is 7.25. The number of hydrogen-bond acceptors (Lipinski definition) is 3. The smallest absolute Gasteiger partial charge is 0.247 e. The van der Waals surface area contributed by atoms with Gasteiger partial charge >= 0.3 is 0 Å². The summed E-state index contributed by atoms with van der Waals surface area (Å²) in [6.07, 6.45) is 14.6. The number of amides is 1. The second kappa shape index (κ2) is 10.3. The van der Waals surface area contributed by atoms with Crippen LogP contribution in [0.4, 0.5) is 0 Å². The van der Waals surface area contributed by atoms with Gasteiger partial charge in [-0.1, -0.05) is 30.4 Å². The molecule has 0 aromatic heterocycles. The summed E-state index contributed by atoms with van der Waals surface area (Å²) < 4.78 is 0. The van der Waals surface area contributed by atoms with Crippen molar-refractivity contribution in [3.63, 3.8) is 0 Å². The molecule has 1 aromatic rings. The fourth-order valence-electron chi connectivity index (χ4n) is 5.36. The molecule has 1 amide bonds. The number of nitrogens with zero attached hydrogens (tertiary/aromatic N) is 2. The maximum Gasteiger partial charge on any atom is 0.247 e. The highest BCUT2D eigenvalue weighted by Crippen LogP contribution is 2.30. The molecule has 4 heteroatoms. The molecule has 0 atom stereocenters. The van der Waals surface area contributed by atoms with Crippen molar-refractivity contribution in [3.05, 3.63) is 52.6 Å². The predicted molar refractivity (Wildman–Crippen MR) is 125 cm³/mol. The predicted octanol–water partition coefficient (Wildman–Crippen LogP) is 5.13. The van der Waals surface area contributed by atoms with E-state index in [4.69, 9.17) is 0 Å². The molecule has 0 spiro atoms. The first-order valence-electron chi connectivity index (χ1n) is 12.1. The molecule has 164 valence electrons. The van der Waals surface area contributed by atoms with Crippen LogP contribution in [0.15, 0.2) is 35.9 Å². The number of hydrogen-bond donors (Lipinski definition) is 1. The zero-order chi connectivity index (χ0) is 21.6. The van der Waals surface area contributed by atoms with E-state index in [0.29, 0.717) is 6.04 Å². The van der Waals surface area contributed by atoms with E-state index in [1.54, 1.807) is 0 Å². The fraction of sp³-hybridized carbons (Fsp3) is 0.556. The number of benzene rings is 1. The number of aryl methyl sites for hydroxylation is 1. The largest absolute Gasteiger partial charge is 0.350 e. The van der Waals surface area contributed by atoms with Gasteiger partial charge in [0.15, 0.2) is 0 Å². The van der Waals surface area contributed by atoms with E-state index in [1.165, 1.54) is 24.8 Å². The zero-order valence-corrected chi connectivity index (χ0v) is 18.8. The quantitative estimate of drug-likeness (QED) is 0.698. The number of carbonyl (C=O) groups excluding carboxylic acids is 1. The van der Waals surface area contributed by atoms with Crippen LogP contribution in [-0.4, -0.2) is 36.5 Å². The van der Waals surface area contributed by atoms with Crippen molar-refractivity contribution in [2.75, 3.05) is 19.6 Å². The minimum absolute atomic E-state index is 0.185. The van der Waals surface area contributed by atoms with Gasteiger partial charge in [0, 0.05) is 24.7 Å². The summed E-state index contributed by atoms with van der Waals surface area (Å²) in [7, 11) is 0. The van der Waals surface area contributed by atoms with Crippen molar-refractivity contribution in [2.45, 2.75) is 70.8 Å². The summed E-state index contributed by atoms with van der Waals surface area (Å²) in [6.45, 7) is 5.22. The standard InChI is InChI=1S/C27H35N3O/c1-20-5-4-8-25(26(20)19-28)22-14-17-30(18-15-22)16-13-21-9-11-24(12-10-21)29-27(31)23-6-2-3-7-23/h4-6,8,14,21,24H,2-3,7,9-13,15-18H2,1H3,(H,29,31)/t21-,24-. The van der Waals surface area contributed by atoms with E-state index in [9.17, 15) is 10.1 Å². The summed E-state index contributed by atoms with van der Waals surface area (Å²) >= 11 is 0. The average molecular weight is 418 g/mol. The molecule has 4 rings (SSSR count). The van der Waals surface area contributed by atoms with Gasteiger partial charge in [0.05, 0.1) is 5.56 Å². The molecule has 0 unspecified atom stereocenters. The number of allylic oxidation sites excluding steroid dienone is 1. The normalized spacial score (nSPS) is 24.3. The third kappa shape index (κ3) is 5.46. The molecule has 1 fully saturated rings. The Hall–Kier alpha value is -2.38. The second-order valence-corrected chi connectivity index (χ2v) is 9.49. The Bertz CT molecular complexity index is 900. The van der Waals surface area contributed by atoms with Gasteiger partial charge in [-0.25, -0.2) is 0 Å². The van der Waals surface area contributed by atoms with E-state index < -0.39 is 0 Å². The lowest BCUT2D eigenvalue weighted by Gasteiger charge is -2.32. The van der Waals surface area contributed by atoms with Crippen LogP contribution in [0.2, 0.25) is 0 Å². The molecular weight excluding hydrogens is 382 g/mol. The molecule has 1 heterocycles. The number of rotatable bonds is 6. The van der Waals surface area contributed by atoms with Crippen LogP contribution >= 0.6 is 0 Å². The molecule has 0 radical (unpaired) electrons. The summed E-state index contributed by atoms with van der Waals surface area (Å²) in [5.41, 5.74) is 5.35. The van der Waals surface area contributed by atoms with Gasteiger partial charge in [-0.3, -0.25) is 9.69 Å². The Morgan fingerprint density at radius 3 is 2.71 bits per heavy atom. The van der Waals surface area contributed by atoms with Gasteiger partial charge < -0.3 is 5.32 Å². The number of nitriles is 1. The van der Waals surface area contributed by atoms with Crippen molar-refractivity contribution in [1.29, 1.82) is 5.26 Å². The maximum absolute atomic E-state index is 12.3. The Labute approximate surface area is 187 Å². The SMILES string of the molecule is Cc1cccc(C2=CCN(CC[C@H]3CC[C@H](NC(=O)C4=CCCC4)CC3)CC2)c1C#N. The lowest BCUT2D eigenvalue weighted by molar-refractivity contribution is -0.118. The minimum Gasteiger partial charge on any atom is -0.350 e. The van der Waals surface area contributed by atoms with Crippen LogP contribution in [0, 0.1) is 24.2 Å². The monoisotopic (exact) mass is 417 g/mol. The zero-order valence-electron chi connectivity index (χ0n) is 18.8. The van der Waals surface area contributed by atoms with Crippen molar-refractivity contribution < 1.29 is 4.79 Å². The van der Waals surface area contributed by atoms with Crippen LogP contribution in [0.3, 0.4) is 0 Å². The van der Waals surface area contributed by atoms with Crippen LogP contribution < -0.4 is 5.32 Å². The number of nitrogens with one attached hydrogen (secondary N) is 1. The summed E-state index contributed by atoms with van der Waals surface area (Å²) in [4.78, 5) is 14.9. The third-order valence-corrected chi connectivity index (χ3v) is 7.39. The van der Waals surface area contributed by atoms with Crippen molar-refractivity contribution >= 4 is 11.5 Å². The topological polar surface area (TPSA) is 56.1 Å². The summed E-state index contributed by atoms with van der Waals surface area (Å²) in [5, 5.41) is 12.8. The molecule has 1 aromatic carbocycles. The van der Waals surface area contributed by atoms with Gasteiger partial charge in [-0.05, 0) is 93.9 Å². The molecule has 1 N–H and O–H groups in total. The van der Waals surface area contributed by atoms with Gasteiger partial charge in [0.1, 0.15) is 6.07 Å². The summed E-state index contributed by atoms with van der Waals surface area (Å²) in [6, 6.07) is 8.92. The highest BCUT2D eigenvalue weighted by Gasteiger charge is 2.25. The van der Waals surface area contributed by atoms with Crippen LogP contribution in [0.1, 0.15) is 74.5 Å². The average Bonchev–Trinajstić information content (AvgIpc) is 3.34. The van der Waals surface area contributed by atoms with Crippen LogP contribution in [0.25, 0.3) is 5.57 Å². The molecule has 31 heavy (non-hydrogen) atoms. The minimum atomic E-state index is 0.185. The lowest BCUT2D eigenvalue weighted by Crippen LogP contribution is -2.38. The van der Waals surface area contributed by atoms with E-state index in [0.717, 1.165) is 86.3 Å². The third-order valence-electron chi connectivity index (χ3n) is 7.39. The molecule has 4 nitrogen and oxygen atoms in total.